The van der Waals surface area contributed by atoms with Gasteiger partial charge in [-0.2, -0.15) is 0 Å². The molecule has 0 unspecified atom stereocenters. The maximum Gasteiger partial charge on any atom is 0.437 e. The van der Waals surface area contributed by atoms with Crippen molar-refractivity contribution in [2.45, 2.75) is 84.3 Å². The Morgan fingerprint density at radius 2 is 1.97 bits per heavy atom. The Morgan fingerprint density at radius 3 is 2.62 bits per heavy atom. The molecule has 0 radical (unpaired) electrons. The molecule has 1 N–H and O–H groups in total. The van der Waals surface area contributed by atoms with Crippen molar-refractivity contribution in [1.29, 1.82) is 0 Å². The number of allylic oxidation sites excluding steroid dienone is 2. The number of hydrogen-bond acceptors (Lipinski definition) is 5. The van der Waals surface area contributed by atoms with Gasteiger partial charge in [-0.15, -0.1) is 4.99 Å². The summed E-state index contributed by atoms with van der Waals surface area (Å²) in [4.78, 5) is 41.3. The van der Waals surface area contributed by atoms with Gasteiger partial charge in [-0.1, -0.05) is 12.2 Å². The molecule has 0 bridgehead atoms. The van der Waals surface area contributed by atoms with E-state index in [4.69, 9.17) is 13.6 Å². The number of amides is 2. The van der Waals surface area contributed by atoms with Gasteiger partial charge in [0.1, 0.15) is 12.1 Å². The van der Waals surface area contributed by atoms with Crippen LogP contribution < -0.4 is 5.32 Å². The van der Waals surface area contributed by atoms with Crippen molar-refractivity contribution in [2.75, 3.05) is 13.5 Å². The van der Waals surface area contributed by atoms with Gasteiger partial charge in [0.15, 0.2) is 0 Å². The van der Waals surface area contributed by atoms with Gasteiger partial charge in [-0.05, 0) is 66.2 Å². The fraction of sp³-hybridized carbons (Fsp3) is 0.714. The molecule has 0 aliphatic carbocycles. The zero-order chi connectivity index (χ0) is 24.4. The Labute approximate surface area is 177 Å². The number of carbonyl (C=O) groups is 3. The number of carbonyl (C=O) groups excluding carboxylic acids is 3. The van der Waals surface area contributed by atoms with Gasteiger partial charge in [0.05, 0.1) is 6.10 Å². The molecule has 0 saturated carbocycles. The zero-order valence-corrected chi connectivity index (χ0v) is 17.8. The minimum absolute atomic E-state index is 0.109. The molecule has 8 heteroatoms. The first-order valence-corrected chi connectivity index (χ1v) is 10.0. The summed E-state index contributed by atoms with van der Waals surface area (Å²) in [5.41, 5.74) is -0.880. The number of guanidine groups is 1. The number of ether oxygens (including phenoxy) is 2. The van der Waals surface area contributed by atoms with Crippen LogP contribution in [0.3, 0.4) is 0 Å². The highest BCUT2D eigenvalue weighted by molar-refractivity contribution is 6.01. The lowest BCUT2D eigenvalue weighted by Crippen LogP contribution is -2.45. The largest absolute Gasteiger partial charge is 0.461 e. The molecule has 0 fully saturated rings. The third-order valence-corrected chi connectivity index (χ3v) is 3.89. The quantitative estimate of drug-likeness (QED) is 0.483. The summed E-state index contributed by atoms with van der Waals surface area (Å²) < 4.78 is 33.9. The molecule has 29 heavy (non-hydrogen) atoms. The highest BCUT2D eigenvalue weighted by Gasteiger charge is 2.21. The lowest BCUT2D eigenvalue weighted by Gasteiger charge is -2.23. The number of rotatable bonds is 0. The van der Waals surface area contributed by atoms with Gasteiger partial charge >= 0.3 is 12.1 Å². The monoisotopic (exact) mass is 412 g/mol. The fourth-order valence-electron chi connectivity index (χ4n) is 2.55. The van der Waals surface area contributed by atoms with Crippen LogP contribution in [0.5, 0.6) is 0 Å². The van der Waals surface area contributed by atoms with Crippen molar-refractivity contribution in [3.05, 3.63) is 12.2 Å². The van der Waals surface area contributed by atoms with Crippen LogP contribution in [0.4, 0.5) is 4.79 Å². The van der Waals surface area contributed by atoms with Gasteiger partial charge in [0.25, 0.3) is 0 Å². The number of nitrogens with zero attached hydrogens (tertiary/aromatic N) is 2. The average Bonchev–Trinajstić information content (AvgIpc) is 2.61. The van der Waals surface area contributed by atoms with Crippen molar-refractivity contribution in [3.8, 4) is 0 Å². The topological polar surface area (TPSA) is 97.3 Å². The van der Waals surface area contributed by atoms with Crippen LogP contribution in [0.2, 0.25) is 0 Å². The molecule has 1 rings (SSSR count). The molecular weight excluding hydrogens is 374 g/mol. The van der Waals surface area contributed by atoms with Crippen molar-refractivity contribution in [1.82, 2.24) is 10.2 Å². The molecule has 2 amide bonds. The molecule has 1 aliphatic rings. The van der Waals surface area contributed by atoms with E-state index in [0.29, 0.717) is 17.7 Å². The van der Waals surface area contributed by atoms with Crippen LogP contribution in [0.15, 0.2) is 17.1 Å². The van der Waals surface area contributed by atoms with Crippen LogP contribution >= 0.6 is 0 Å². The van der Waals surface area contributed by atoms with Crippen molar-refractivity contribution in [3.63, 3.8) is 0 Å². The van der Waals surface area contributed by atoms with Crippen molar-refractivity contribution in [2.24, 2.45) is 4.99 Å². The number of cyclic esters (lactones) is 1. The summed E-state index contributed by atoms with van der Waals surface area (Å²) in [7, 11) is 0. The van der Waals surface area contributed by atoms with Crippen LogP contribution in [-0.2, 0) is 19.1 Å². The molecule has 1 aliphatic heterocycles. The summed E-state index contributed by atoms with van der Waals surface area (Å²) in [6.07, 6.45) is 7.19. The summed E-state index contributed by atoms with van der Waals surface area (Å²) in [5, 5.41) is 2.37. The minimum Gasteiger partial charge on any atom is -0.461 e. The molecule has 164 valence electrons. The number of likely N-dealkylation sites (N-methyl/N-ethyl adjacent to an activating group) is 1. The second kappa shape index (κ2) is 12.2. The van der Waals surface area contributed by atoms with E-state index in [9.17, 15) is 14.4 Å². The highest BCUT2D eigenvalue weighted by Crippen LogP contribution is 2.10. The predicted octanol–water partition coefficient (Wildman–Crippen LogP) is 3.56. The van der Waals surface area contributed by atoms with Gasteiger partial charge in [0, 0.05) is 17.5 Å². The summed E-state index contributed by atoms with van der Waals surface area (Å²) >= 11 is 0. The molecule has 8 nitrogen and oxygen atoms in total. The third kappa shape index (κ3) is 11.9. The third-order valence-electron chi connectivity index (χ3n) is 3.89. The smallest absolute Gasteiger partial charge is 0.437 e. The van der Waals surface area contributed by atoms with Gasteiger partial charge in [-0.3, -0.25) is 14.9 Å². The van der Waals surface area contributed by atoms with Crippen molar-refractivity contribution < 1.29 is 28.0 Å². The SMILES string of the molecule is [2H]C([2H])([2H])N1CC(=O)O[C@H](C)CCC/C=C/CCCCC(=O)NC1=NC(=O)OC(C)(C)C. The van der Waals surface area contributed by atoms with Crippen LogP contribution in [-0.4, -0.2) is 54.1 Å². The Kier molecular flexibility index (Phi) is 8.41. The van der Waals surface area contributed by atoms with E-state index < -0.39 is 49.2 Å². The zero-order valence-electron chi connectivity index (χ0n) is 20.8. The Balaban J connectivity index is 3.21. The van der Waals surface area contributed by atoms with Gasteiger partial charge in [-0.25, -0.2) is 4.79 Å². The fourth-order valence-corrected chi connectivity index (χ4v) is 2.55. The lowest BCUT2D eigenvalue weighted by atomic mass is 10.1. The standard InChI is InChI=1S/C21H35N3O5/c1-16-13-11-9-7-6-8-10-12-14-17(25)22-19(24(5)15-18(26)28-16)23-20(27)29-21(2,3)4/h6-7,16H,8-15H2,1-5H3,(H,22,23,25,27)/b7-6+/t16-/m1/s1/i5D3. The number of hydrogen-bond donors (Lipinski definition) is 1. The second-order valence-corrected chi connectivity index (χ2v) is 8.00. The molecule has 1 atom stereocenters. The first kappa shape index (κ1) is 19.9. The van der Waals surface area contributed by atoms with Crippen molar-refractivity contribution >= 4 is 23.9 Å². The number of nitrogens with one attached hydrogen (secondary N) is 1. The molecule has 0 aromatic rings. The first-order chi connectivity index (χ1) is 14.8. The van der Waals surface area contributed by atoms with Gasteiger partial charge in [0.2, 0.25) is 11.9 Å². The van der Waals surface area contributed by atoms with E-state index in [0.717, 1.165) is 25.7 Å². The van der Waals surface area contributed by atoms with E-state index in [1.54, 1.807) is 27.7 Å². The Bertz CT molecular complexity index is 714. The molecular formula is C21H35N3O5. The van der Waals surface area contributed by atoms with E-state index >= 15 is 0 Å². The summed E-state index contributed by atoms with van der Waals surface area (Å²) in [6.45, 7) is 3.01. The lowest BCUT2D eigenvalue weighted by molar-refractivity contribution is -0.148. The minimum atomic E-state index is -2.87. The first-order valence-electron chi connectivity index (χ1n) is 11.5. The van der Waals surface area contributed by atoms with Crippen LogP contribution in [0.1, 0.15) is 76.8 Å². The molecule has 0 aromatic heterocycles. The highest BCUT2D eigenvalue weighted by atomic mass is 16.6. The molecule has 0 saturated heterocycles. The normalized spacial score (nSPS) is 25.7. The van der Waals surface area contributed by atoms with Crippen LogP contribution in [0.25, 0.3) is 0 Å². The molecule has 0 spiro atoms. The summed E-state index contributed by atoms with van der Waals surface area (Å²) in [5.74, 6) is -1.89. The second-order valence-electron chi connectivity index (χ2n) is 8.00. The van der Waals surface area contributed by atoms with Gasteiger partial charge < -0.3 is 14.4 Å². The summed E-state index contributed by atoms with van der Waals surface area (Å²) in [6, 6.07) is 0. The van der Waals surface area contributed by atoms with E-state index in [1.807, 2.05) is 0 Å². The van der Waals surface area contributed by atoms with E-state index in [2.05, 4.69) is 22.5 Å². The number of aliphatic imine (C=N–C) groups is 1. The predicted molar refractivity (Wildman–Crippen MR) is 111 cm³/mol. The Hall–Kier alpha value is -2.38. The number of esters is 1. The van der Waals surface area contributed by atoms with E-state index in [-0.39, 0.29) is 6.42 Å². The molecule has 1 heterocycles. The van der Waals surface area contributed by atoms with Crippen LogP contribution in [0, 0.1) is 0 Å². The average molecular weight is 413 g/mol. The van der Waals surface area contributed by atoms with E-state index in [1.165, 1.54) is 0 Å². The maximum atomic E-state index is 12.4. The molecule has 0 aromatic carbocycles. The Morgan fingerprint density at radius 1 is 1.28 bits per heavy atom. The maximum absolute atomic E-state index is 12.4.